The molecule has 0 unspecified atom stereocenters. The van der Waals surface area contributed by atoms with Crippen molar-refractivity contribution in [1.29, 1.82) is 0 Å². The smallest absolute Gasteiger partial charge is 0.255 e. The van der Waals surface area contributed by atoms with Gasteiger partial charge >= 0.3 is 0 Å². The van der Waals surface area contributed by atoms with E-state index in [4.69, 9.17) is 4.42 Å². The molecule has 7 heteroatoms. The fourth-order valence-corrected chi connectivity index (χ4v) is 3.49. The van der Waals surface area contributed by atoms with Crippen LogP contribution in [0.3, 0.4) is 0 Å². The standard InChI is InChI=1S/C21H20FN3O3/c1-13-16(6-9-28-13)21(27)24-12-20(26)25-7-4-14(5-8-25)18-11-23-19-10-15(22)2-3-17(18)19/h2-4,6,9-11,23H,5,7-8,12H2,1H3,(H,24,27). The number of amides is 2. The van der Waals surface area contributed by atoms with Crippen LogP contribution in [0.2, 0.25) is 0 Å². The summed E-state index contributed by atoms with van der Waals surface area (Å²) < 4.78 is 18.5. The number of hydrogen-bond acceptors (Lipinski definition) is 3. The Kier molecular flexibility index (Phi) is 4.73. The fourth-order valence-electron chi connectivity index (χ4n) is 3.49. The molecular weight excluding hydrogens is 361 g/mol. The molecule has 28 heavy (non-hydrogen) atoms. The number of aryl methyl sites for hydroxylation is 1. The normalized spacial score (nSPS) is 14.2. The summed E-state index contributed by atoms with van der Waals surface area (Å²) in [5, 5.41) is 3.61. The Morgan fingerprint density at radius 1 is 1.32 bits per heavy atom. The van der Waals surface area contributed by atoms with E-state index in [2.05, 4.69) is 10.3 Å². The Bertz CT molecular complexity index is 1080. The Hall–Kier alpha value is -3.35. The Morgan fingerprint density at radius 2 is 2.18 bits per heavy atom. The third kappa shape index (κ3) is 3.43. The first-order valence-electron chi connectivity index (χ1n) is 9.09. The molecule has 0 radical (unpaired) electrons. The van der Waals surface area contributed by atoms with Crippen molar-refractivity contribution in [1.82, 2.24) is 15.2 Å². The maximum absolute atomic E-state index is 13.4. The van der Waals surface area contributed by atoms with Gasteiger partial charge in [0.25, 0.3) is 5.91 Å². The zero-order valence-corrected chi connectivity index (χ0v) is 15.4. The predicted octanol–water partition coefficient (Wildman–Crippen LogP) is 3.25. The quantitative estimate of drug-likeness (QED) is 0.728. The largest absolute Gasteiger partial charge is 0.469 e. The number of aromatic amines is 1. The highest BCUT2D eigenvalue weighted by Crippen LogP contribution is 2.29. The number of carbonyl (C=O) groups excluding carboxylic acids is 2. The highest BCUT2D eigenvalue weighted by Gasteiger charge is 2.20. The van der Waals surface area contributed by atoms with Gasteiger partial charge in [-0.05, 0) is 43.2 Å². The zero-order chi connectivity index (χ0) is 19.7. The summed E-state index contributed by atoms with van der Waals surface area (Å²) in [6.07, 6.45) is 6.03. The molecule has 1 aromatic carbocycles. The average molecular weight is 381 g/mol. The summed E-state index contributed by atoms with van der Waals surface area (Å²) in [4.78, 5) is 29.3. The van der Waals surface area contributed by atoms with Crippen LogP contribution < -0.4 is 5.32 Å². The average Bonchev–Trinajstić information content (AvgIpc) is 3.31. The van der Waals surface area contributed by atoms with Crippen LogP contribution in [0.1, 0.15) is 28.1 Å². The summed E-state index contributed by atoms with van der Waals surface area (Å²) in [5.74, 6) is -0.207. The van der Waals surface area contributed by atoms with E-state index >= 15 is 0 Å². The summed E-state index contributed by atoms with van der Waals surface area (Å²) in [6, 6.07) is 6.27. The van der Waals surface area contributed by atoms with Gasteiger partial charge in [0.1, 0.15) is 11.6 Å². The summed E-state index contributed by atoms with van der Waals surface area (Å²) in [7, 11) is 0. The molecule has 3 aromatic rings. The number of carbonyl (C=O) groups is 2. The van der Waals surface area contributed by atoms with Crippen molar-refractivity contribution in [3.8, 4) is 0 Å². The molecule has 0 bridgehead atoms. The minimum Gasteiger partial charge on any atom is -0.469 e. The van der Waals surface area contributed by atoms with Crippen molar-refractivity contribution in [3.63, 3.8) is 0 Å². The molecule has 0 atom stereocenters. The predicted molar refractivity (Wildman–Crippen MR) is 103 cm³/mol. The number of nitrogens with one attached hydrogen (secondary N) is 2. The fraction of sp³-hybridized carbons (Fsp3) is 0.238. The Balaban J connectivity index is 1.38. The molecule has 0 aliphatic carbocycles. The van der Waals surface area contributed by atoms with E-state index in [1.165, 1.54) is 18.4 Å². The molecule has 144 valence electrons. The number of hydrogen-bond donors (Lipinski definition) is 2. The topological polar surface area (TPSA) is 78.3 Å². The van der Waals surface area contributed by atoms with Crippen molar-refractivity contribution in [3.05, 3.63) is 65.5 Å². The molecule has 0 spiro atoms. The van der Waals surface area contributed by atoms with Gasteiger partial charge in [-0.25, -0.2) is 4.39 Å². The lowest BCUT2D eigenvalue weighted by Crippen LogP contribution is -2.42. The Labute approximate surface area is 161 Å². The van der Waals surface area contributed by atoms with Gasteiger partial charge in [0.15, 0.2) is 0 Å². The van der Waals surface area contributed by atoms with Gasteiger partial charge in [-0.15, -0.1) is 0 Å². The molecule has 0 saturated heterocycles. The van der Waals surface area contributed by atoms with E-state index in [1.54, 1.807) is 24.0 Å². The monoisotopic (exact) mass is 381 g/mol. The molecule has 2 N–H and O–H groups in total. The molecule has 1 aliphatic rings. The lowest BCUT2D eigenvalue weighted by Gasteiger charge is -2.26. The molecule has 3 heterocycles. The van der Waals surface area contributed by atoms with E-state index in [0.717, 1.165) is 22.0 Å². The first-order chi connectivity index (χ1) is 13.5. The van der Waals surface area contributed by atoms with Crippen LogP contribution in [0.5, 0.6) is 0 Å². The number of furan rings is 1. The van der Waals surface area contributed by atoms with E-state index in [0.29, 0.717) is 30.8 Å². The molecule has 2 amide bonds. The van der Waals surface area contributed by atoms with Crippen LogP contribution in [-0.4, -0.2) is 41.3 Å². The SMILES string of the molecule is Cc1occc1C(=O)NCC(=O)N1CC=C(c2c[nH]c3cc(F)ccc23)CC1. The summed E-state index contributed by atoms with van der Waals surface area (Å²) in [6.45, 7) is 2.69. The lowest BCUT2D eigenvalue weighted by atomic mass is 9.99. The Morgan fingerprint density at radius 3 is 2.89 bits per heavy atom. The van der Waals surface area contributed by atoms with Gasteiger partial charge in [0.05, 0.1) is 18.4 Å². The molecule has 6 nitrogen and oxygen atoms in total. The van der Waals surface area contributed by atoms with E-state index in [9.17, 15) is 14.0 Å². The molecule has 1 aliphatic heterocycles. The van der Waals surface area contributed by atoms with Gasteiger partial charge in [0, 0.05) is 35.8 Å². The first kappa shape index (κ1) is 18.0. The van der Waals surface area contributed by atoms with E-state index in [1.807, 2.05) is 12.3 Å². The van der Waals surface area contributed by atoms with Crippen molar-refractivity contribution < 1.29 is 18.4 Å². The van der Waals surface area contributed by atoms with Gasteiger partial charge in [-0.3, -0.25) is 9.59 Å². The van der Waals surface area contributed by atoms with Crippen LogP contribution in [0.25, 0.3) is 16.5 Å². The molecule has 0 fully saturated rings. The number of benzene rings is 1. The zero-order valence-electron chi connectivity index (χ0n) is 15.4. The van der Waals surface area contributed by atoms with Crippen molar-refractivity contribution >= 4 is 28.3 Å². The van der Waals surface area contributed by atoms with Crippen LogP contribution in [0.4, 0.5) is 4.39 Å². The number of H-pyrrole nitrogens is 1. The van der Waals surface area contributed by atoms with Crippen LogP contribution in [0.15, 0.2) is 47.2 Å². The maximum atomic E-state index is 13.4. The molecular formula is C21H20FN3O3. The number of halogens is 1. The van der Waals surface area contributed by atoms with Gasteiger partial charge in [0.2, 0.25) is 5.91 Å². The maximum Gasteiger partial charge on any atom is 0.255 e. The van der Waals surface area contributed by atoms with Gasteiger partial charge < -0.3 is 19.6 Å². The molecule has 4 rings (SSSR count). The highest BCUT2D eigenvalue weighted by molar-refractivity contribution is 5.97. The number of rotatable bonds is 4. The summed E-state index contributed by atoms with van der Waals surface area (Å²) in [5.41, 5.74) is 3.35. The minimum atomic E-state index is -0.320. The van der Waals surface area contributed by atoms with Crippen molar-refractivity contribution in [2.24, 2.45) is 0 Å². The van der Waals surface area contributed by atoms with Gasteiger partial charge in [-0.2, -0.15) is 0 Å². The summed E-state index contributed by atoms with van der Waals surface area (Å²) >= 11 is 0. The second kappa shape index (κ2) is 7.34. The third-order valence-corrected chi connectivity index (χ3v) is 5.06. The van der Waals surface area contributed by atoms with Crippen LogP contribution in [0, 0.1) is 12.7 Å². The van der Waals surface area contributed by atoms with Gasteiger partial charge in [-0.1, -0.05) is 6.08 Å². The van der Waals surface area contributed by atoms with E-state index in [-0.39, 0.29) is 24.2 Å². The number of aromatic nitrogens is 1. The number of fused-ring (bicyclic) bond motifs is 1. The van der Waals surface area contributed by atoms with Crippen LogP contribution >= 0.6 is 0 Å². The van der Waals surface area contributed by atoms with Crippen LogP contribution in [-0.2, 0) is 4.79 Å². The molecule has 0 saturated carbocycles. The minimum absolute atomic E-state index is 0.0566. The second-order valence-corrected chi connectivity index (χ2v) is 6.78. The second-order valence-electron chi connectivity index (χ2n) is 6.78. The first-order valence-corrected chi connectivity index (χ1v) is 9.09. The molecule has 2 aromatic heterocycles. The van der Waals surface area contributed by atoms with E-state index < -0.39 is 0 Å². The van der Waals surface area contributed by atoms with Crippen molar-refractivity contribution in [2.45, 2.75) is 13.3 Å². The van der Waals surface area contributed by atoms with Crippen molar-refractivity contribution in [2.75, 3.05) is 19.6 Å². The number of nitrogens with zero attached hydrogens (tertiary/aromatic N) is 1. The highest BCUT2D eigenvalue weighted by atomic mass is 19.1. The lowest BCUT2D eigenvalue weighted by molar-refractivity contribution is -0.129. The third-order valence-electron chi connectivity index (χ3n) is 5.06.